The highest BCUT2D eigenvalue weighted by atomic mass is 79.9. The van der Waals surface area contributed by atoms with E-state index in [2.05, 4.69) is 15.9 Å². The van der Waals surface area contributed by atoms with Crippen LogP contribution < -0.4 is 10.5 Å². The highest BCUT2D eigenvalue weighted by molar-refractivity contribution is 9.10. The second-order valence-electron chi connectivity index (χ2n) is 3.42. The summed E-state index contributed by atoms with van der Waals surface area (Å²) in [6, 6.07) is 15.0. The monoisotopic (exact) mass is 307 g/mol. The minimum Gasteiger partial charge on any atom is -0.456 e. The molecule has 2 N–H and O–H groups in total. The molecule has 0 spiro atoms. The summed E-state index contributed by atoms with van der Waals surface area (Å²) in [7, 11) is 0. The van der Waals surface area contributed by atoms with Crippen LogP contribution in [0, 0.1) is 0 Å². The second-order valence-corrected chi connectivity index (χ2v) is 4.72. The summed E-state index contributed by atoms with van der Waals surface area (Å²) in [6.07, 6.45) is 0. The van der Waals surface area contributed by atoms with Crippen LogP contribution in [0.3, 0.4) is 0 Å². The maximum Gasteiger partial charge on any atom is 0.141 e. The standard InChI is InChI=1S/C13H10BrNOS/c14-11-3-1-2-4-12(11)16-10-7-5-9(6-8-10)13(15)17/h1-8H,(H2,15,17). The van der Waals surface area contributed by atoms with Crippen LogP contribution in [-0.2, 0) is 0 Å². The Hall–Kier alpha value is -1.39. The second kappa shape index (κ2) is 5.29. The number of nitrogens with two attached hydrogens (primary N) is 1. The van der Waals surface area contributed by atoms with Crippen LogP contribution in [-0.4, -0.2) is 4.99 Å². The van der Waals surface area contributed by atoms with Gasteiger partial charge in [-0.1, -0.05) is 24.4 Å². The van der Waals surface area contributed by atoms with Gasteiger partial charge in [0.25, 0.3) is 0 Å². The first-order valence-electron chi connectivity index (χ1n) is 4.99. The summed E-state index contributed by atoms with van der Waals surface area (Å²) in [5.74, 6) is 1.52. The van der Waals surface area contributed by atoms with Crippen molar-refractivity contribution in [2.75, 3.05) is 0 Å². The quantitative estimate of drug-likeness (QED) is 0.874. The van der Waals surface area contributed by atoms with Crippen LogP contribution in [0.5, 0.6) is 11.5 Å². The molecule has 2 rings (SSSR count). The van der Waals surface area contributed by atoms with Crippen LogP contribution in [0.2, 0.25) is 0 Å². The van der Waals surface area contributed by atoms with Gasteiger partial charge in [0.1, 0.15) is 16.5 Å². The first kappa shape index (κ1) is 12.1. The molecule has 4 heteroatoms. The van der Waals surface area contributed by atoms with Crippen molar-refractivity contribution in [3.63, 3.8) is 0 Å². The summed E-state index contributed by atoms with van der Waals surface area (Å²) in [6.45, 7) is 0. The Morgan fingerprint density at radius 3 is 2.29 bits per heavy atom. The van der Waals surface area contributed by atoms with Crippen LogP contribution in [0.4, 0.5) is 0 Å². The number of hydrogen-bond donors (Lipinski definition) is 1. The van der Waals surface area contributed by atoms with Gasteiger partial charge in [0.15, 0.2) is 0 Å². The molecule has 0 aliphatic heterocycles. The number of halogens is 1. The SMILES string of the molecule is NC(=S)c1ccc(Oc2ccccc2Br)cc1. The number of thiocarbonyl (C=S) groups is 1. The van der Waals surface area contributed by atoms with E-state index < -0.39 is 0 Å². The molecule has 2 aromatic rings. The van der Waals surface area contributed by atoms with Gasteiger partial charge in [0, 0.05) is 5.56 Å². The van der Waals surface area contributed by atoms with E-state index in [0.29, 0.717) is 4.99 Å². The molecular weight excluding hydrogens is 298 g/mol. The van der Waals surface area contributed by atoms with Crippen molar-refractivity contribution in [1.82, 2.24) is 0 Å². The van der Waals surface area contributed by atoms with E-state index in [-0.39, 0.29) is 0 Å². The van der Waals surface area contributed by atoms with Gasteiger partial charge in [0.2, 0.25) is 0 Å². The van der Waals surface area contributed by atoms with Crippen molar-refractivity contribution in [1.29, 1.82) is 0 Å². The third-order valence-corrected chi connectivity index (χ3v) is 3.09. The lowest BCUT2D eigenvalue weighted by molar-refractivity contribution is 0.479. The van der Waals surface area contributed by atoms with E-state index in [1.165, 1.54) is 0 Å². The van der Waals surface area contributed by atoms with Crippen molar-refractivity contribution in [3.8, 4) is 11.5 Å². The third kappa shape index (κ3) is 3.05. The van der Waals surface area contributed by atoms with Gasteiger partial charge in [-0.2, -0.15) is 0 Å². The number of benzene rings is 2. The number of ether oxygens (including phenoxy) is 1. The number of hydrogen-bond acceptors (Lipinski definition) is 2. The Bertz CT molecular complexity index is 539. The zero-order valence-electron chi connectivity index (χ0n) is 8.89. The summed E-state index contributed by atoms with van der Waals surface area (Å²) in [5.41, 5.74) is 6.36. The number of para-hydroxylation sites is 1. The molecule has 0 saturated carbocycles. The van der Waals surface area contributed by atoms with Crippen LogP contribution in [0.1, 0.15) is 5.56 Å². The lowest BCUT2D eigenvalue weighted by atomic mass is 10.2. The topological polar surface area (TPSA) is 35.2 Å². The van der Waals surface area contributed by atoms with E-state index in [0.717, 1.165) is 21.5 Å². The van der Waals surface area contributed by atoms with Crippen molar-refractivity contribution in [2.45, 2.75) is 0 Å². The molecule has 0 aromatic heterocycles. The van der Waals surface area contributed by atoms with E-state index >= 15 is 0 Å². The fraction of sp³-hybridized carbons (Fsp3) is 0. The first-order chi connectivity index (χ1) is 8.16. The molecule has 0 atom stereocenters. The summed E-state index contributed by atoms with van der Waals surface area (Å²) in [5, 5.41) is 0. The predicted octanol–water partition coefficient (Wildman–Crippen LogP) is 3.88. The molecule has 0 aliphatic rings. The van der Waals surface area contributed by atoms with Crippen LogP contribution in [0.15, 0.2) is 53.0 Å². The van der Waals surface area contributed by atoms with Crippen LogP contribution >= 0.6 is 28.1 Å². The van der Waals surface area contributed by atoms with Gasteiger partial charge in [-0.25, -0.2) is 0 Å². The van der Waals surface area contributed by atoms with Gasteiger partial charge in [-0.3, -0.25) is 0 Å². The average molecular weight is 308 g/mol. The number of rotatable bonds is 3. The van der Waals surface area contributed by atoms with Crippen molar-refractivity contribution < 1.29 is 4.74 Å². The average Bonchev–Trinajstić information content (AvgIpc) is 2.33. The van der Waals surface area contributed by atoms with Crippen molar-refractivity contribution in [3.05, 3.63) is 58.6 Å². The molecule has 0 unspecified atom stereocenters. The summed E-state index contributed by atoms with van der Waals surface area (Å²) >= 11 is 8.31. The first-order valence-corrected chi connectivity index (χ1v) is 6.19. The Balaban J connectivity index is 2.20. The largest absolute Gasteiger partial charge is 0.456 e. The molecule has 17 heavy (non-hydrogen) atoms. The molecule has 0 bridgehead atoms. The zero-order chi connectivity index (χ0) is 12.3. The maximum atomic E-state index is 5.71. The molecule has 2 nitrogen and oxygen atoms in total. The summed E-state index contributed by atoms with van der Waals surface area (Å²) in [4.78, 5) is 0.387. The molecule has 0 radical (unpaired) electrons. The van der Waals surface area contributed by atoms with Gasteiger partial charge < -0.3 is 10.5 Å². The molecular formula is C13H10BrNOS. The predicted molar refractivity (Wildman–Crippen MR) is 76.5 cm³/mol. The van der Waals surface area contributed by atoms with Crippen molar-refractivity contribution >= 4 is 33.1 Å². The van der Waals surface area contributed by atoms with E-state index in [1.54, 1.807) is 0 Å². The fourth-order valence-electron chi connectivity index (χ4n) is 1.34. The minimum atomic E-state index is 0.387. The Morgan fingerprint density at radius 2 is 1.71 bits per heavy atom. The van der Waals surface area contributed by atoms with Crippen molar-refractivity contribution in [2.24, 2.45) is 5.73 Å². The smallest absolute Gasteiger partial charge is 0.141 e. The molecule has 0 fully saturated rings. The summed E-state index contributed by atoms with van der Waals surface area (Å²) < 4.78 is 6.63. The van der Waals surface area contributed by atoms with Gasteiger partial charge >= 0.3 is 0 Å². The molecule has 2 aromatic carbocycles. The van der Waals surface area contributed by atoms with E-state index in [4.69, 9.17) is 22.7 Å². The lowest BCUT2D eigenvalue weighted by Gasteiger charge is -2.07. The molecule has 0 saturated heterocycles. The van der Waals surface area contributed by atoms with Gasteiger partial charge in [-0.05, 0) is 52.3 Å². The highest BCUT2D eigenvalue weighted by Crippen LogP contribution is 2.29. The Kier molecular flexibility index (Phi) is 3.76. The zero-order valence-corrected chi connectivity index (χ0v) is 11.3. The molecule has 0 aliphatic carbocycles. The van der Waals surface area contributed by atoms with E-state index in [1.807, 2.05) is 48.5 Å². The molecule has 0 heterocycles. The third-order valence-electron chi connectivity index (χ3n) is 2.20. The Labute approximate surface area is 114 Å². The fourth-order valence-corrected chi connectivity index (χ4v) is 1.84. The normalized spacial score (nSPS) is 9.94. The highest BCUT2D eigenvalue weighted by Gasteiger charge is 2.02. The molecule has 86 valence electrons. The maximum absolute atomic E-state index is 5.71. The van der Waals surface area contributed by atoms with E-state index in [9.17, 15) is 0 Å². The van der Waals surface area contributed by atoms with Gasteiger partial charge in [0.05, 0.1) is 4.47 Å². The van der Waals surface area contributed by atoms with Crippen LogP contribution in [0.25, 0.3) is 0 Å². The van der Waals surface area contributed by atoms with Gasteiger partial charge in [-0.15, -0.1) is 0 Å². The Morgan fingerprint density at radius 1 is 1.06 bits per heavy atom. The lowest BCUT2D eigenvalue weighted by Crippen LogP contribution is -2.08. The molecule has 0 amide bonds. The minimum absolute atomic E-state index is 0.387.